The average Bonchev–Trinajstić information content (AvgIpc) is 4.28. The molecule has 6 rings (SSSR count). The molecule has 6 atom stereocenters. The van der Waals surface area contributed by atoms with Crippen LogP contribution in [0.5, 0.6) is 0 Å². The third-order valence-electron chi connectivity index (χ3n) is 16.5. The van der Waals surface area contributed by atoms with Gasteiger partial charge in [0.2, 0.25) is 39.6 Å². The number of hydrogen-bond acceptors (Lipinski definition) is 11. The van der Waals surface area contributed by atoms with Crippen molar-refractivity contribution in [3.8, 4) is 0 Å². The van der Waals surface area contributed by atoms with E-state index in [2.05, 4.69) is 15.4 Å². The van der Waals surface area contributed by atoms with Crippen molar-refractivity contribution in [2.75, 3.05) is 58.6 Å². The summed E-state index contributed by atoms with van der Waals surface area (Å²) in [5, 5.41) is 6.87. The number of nitrogens with zero attached hydrogens (tertiary/aromatic N) is 4. The average molecular weight is 1170 g/mol. The summed E-state index contributed by atoms with van der Waals surface area (Å²) >= 11 is 0. The monoisotopic (exact) mass is 1170 g/mol. The zero-order valence-corrected chi connectivity index (χ0v) is 51.5. The SMILES string of the molecule is CC[C@@H](C)C(=O)N[C@H](C(=O)N1CCC[C@H]1CN(CCc1ccccc1)C(=O)CCS(=O)(=O)c1ccc2cc(S(=O)(=O)NCC(=O)N(CCc3ccccc3)C[C@@H]3CCCN3C(=O)[C@@H](CC(=O)[C@H](C)NC)C(C)(C)C)ccc2c1)C(C)(C)C. The Balaban J connectivity index is 1.13. The number of sulfone groups is 1. The summed E-state index contributed by atoms with van der Waals surface area (Å²) in [6.45, 7) is 18.5. The van der Waals surface area contributed by atoms with Gasteiger partial charge in [0.1, 0.15) is 11.8 Å². The third kappa shape index (κ3) is 17.5. The lowest BCUT2D eigenvalue weighted by molar-refractivity contribution is -0.144. The van der Waals surface area contributed by atoms with Crippen LogP contribution in [0.1, 0.15) is 118 Å². The van der Waals surface area contributed by atoms with Crippen LogP contribution >= 0.6 is 0 Å². The fourth-order valence-electron chi connectivity index (χ4n) is 10.8. The molecular formula is C63H89N7O10S2. The molecule has 4 aromatic carbocycles. The first-order chi connectivity index (χ1) is 38.6. The number of likely N-dealkylation sites (N-methyl/N-ethyl adjacent to an activating group) is 1. The number of rotatable bonds is 27. The highest BCUT2D eigenvalue weighted by Crippen LogP contribution is 2.34. The number of carbonyl (C=O) groups excluding carboxylic acids is 6. The van der Waals surface area contributed by atoms with E-state index in [-0.39, 0.29) is 89.7 Å². The van der Waals surface area contributed by atoms with E-state index >= 15 is 0 Å². The minimum atomic E-state index is -4.27. The van der Waals surface area contributed by atoms with Gasteiger partial charge in [0, 0.05) is 76.0 Å². The van der Waals surface area contributed by atoms with Crippen molar-refractivity contribution in [2.45, 2.75) is 154 Å². The Bertz CT molecular complexity index is 2880. The van der Waals surface area contributed by atoms with Crippen LogP contribution in [0.2, 0.25) is 0 Å². The third-order valence-corrected chi connectivity index (χ3v) is 19.6. The van der Waals surface area contributed by atoms with Gasteiger partial charge in [-0.15, -0.1) is 0 Å². The molecule has 0 unspecified atom stereocenters. The van der Waals surface area contributed by atoms with E-state index < -0.39 is 66.9 Å². The van der Waals surface area contributed by atoms with E-state index in [1.807, 2.05) is 116 Å². The molecule has 17 nitrogen and oxygen atoms in total. The quantitative estimate of drug-likeness (QED) is 0.0542. The molecule has 82 heavy (non-hydrogen) atoms. The summed E-state index contributed by atoms with van der Waals surface area (Å²) in [4.78, 5) is 89.9. The number of ketones is 1. The molecule has 2 aliphatic rings. The van der Waals surface area contributed by atoms with E-state index in [1.165, 1.54) is 36.4 Å². The van der Waals surface area contributed by atoms with Gasteiger partial charge in [-0.2, -0.15) is 0 Å². The molecular weight excluding hydrogens is 1080 g/mol. The standard InChI is InChI=1S/C63H89N7O10S2/c1-11-44(2)59(74)66-58(63(7,8)9)61(76)70-34-19-25-51(70)42-67(35-30-46-20-14-12-15-21-46)56(72)32-37-81(77,78)52-28-26-49-39-53(29-27-48(49)38-52)82(79,80)65-41-57(73)68(36-31-47-22-16-13-17-23-47)43-50-24-18-33-69(50)60(75)54(62(4,5)6)40-55(71)45(3)64-10/h12-17,20-23,26-29,38-39,44-45,50-51,54,58,64-65H,11,18-19,24-25,30-37,40-43H2,1-10H3,(H,66,74)/t44-,45+,50+,51+,54-,58-/m1/s1. The Labute approximate surface area is 487 Å². The van der Waals surface area contributed by atoms with Gasteiger partial charge in [0.05, 0.1) is 28.1 Å². The second-order valence-corrected chi connectivity index (χ2v) is 28.5. The maximum atomic E-state index is 14.3. The molecule has 0 saturated carbocycles. The summed E-state index contributed by atoms with van der Waals surface area (Å²) in [7, 11) is -6.60. The zero-order chi connectivity index (χ0) is 60.2. The van der Waals surface area contributed by atoms with Crippen LogP contribution in [0.4, 0.5) is 0 Å². The number of benzene rings is 4. The summed E-state index contributed by atoms with van der Waals surface area (Å²) < 4.78 is 58.4. The molecule has 0 radical (unpaired) electrons. The number of carbonyl (C=O) groups is 6. The minimum absolute atomic E-state index is 0.0351. The number of sulfonamides is 1. The predicted molar refractivity (Wildman–Crippen MR) is 321 cm³/mol. The molecule has 4 aromatic rings. The maximum Gasteiger partial charge on any atom is 0.246 e. The summed E-state index contributed by atoms with van der Waals surface area (Å²) in [6, 6.07) is 26.1. The minimum Gasteiger partial charge on any atom is -0.344 e. The van der Waals surface area contributed by atoms with Crippen molar-refractivity contribution < 1.29 is 45.6 Å². The number of amides is 5. The molecule has 3 N–H and O–H groups in total. The van der Waals surface area contributed by atoms with E-state index in [0.29, 0.717) is 62.5 Å². The van der Waals surface area contributed by atoms with Gasteiger partial charge in [0.15, 0.2) is 9.84 Å². The smallest absolute Gasteiger partial charge is 0.246 e. The van der Waals surface area contributed by atoms with Crippen LogP contribution < -0.4 is 15.4 Å². The Kier molecular flexibility index (Phi) is 22.6. The highest BCUT2D eigenvalue weighted by Gasteiger charge is 2.43. The van der Waals surface area contributed by atoms with Crippen molar-refractivity contribution in [1.82, 2.24) is 35.0 Å². The number of Topliss-reactive ketones (excluding diaryl/α,β-unsaturated/α-hetero) is 1. The van der Waals surface area contributed by atoms with Crippen LogP contribution in [0.15, 0.2) is 107 Å². The second-order valence-electron chi connectivity index (χ2n) is 24.6. The van der Waals surface area contributed by atoms with Gasteiger partial charge in [-0.05, 0) is 116 Å². The van der Waals surface area contributed by atoms with Crippen molar-refractivity contribution in [3.63, 3.8) is 0 Å². The van der Waals surface area contributed by atoms with Gasteiger partial charge < -0.3 is 30.2 Å². The molecule has 0 aliphatic carbocycles. The van der Waals surface area contributed by atoms with Crippen LogP contribution in [-0.4, -0.2) is 155 Å². The highest BCUT2D eigenvalue weighted by molar-refractivity contribution is 7.91. The second kappa shape index (κ2) is 28.5. The van der Waals surface area contributed by atoms with Gasteiger partial charge in [-0.25, -0.2) is 21.6 Å². The molecule has 2 saturated heterocycles. The molecule has 0 aromatic heterocycles. The first kappa shape index (κ1) is 65.1. The van der Waals surface area contributed by atoms with Crippen LogP contribution in [0.3, 0.4) is 0 Å². The fourth-order valence-corrected chi connectivity index (χ4v) is 13.1. The van der Waals surface area contributed by atoms with E-state index in [1.54, 1.807) is 33.6 Å². The first-order valence-electron chi connectivity index (χ1n) is 29.1. The maximum absolute atomic E-state index is 14.3. The first-order valence-corrected chi connectivity index (χ1v) is 32.3. The van der Waals surface area contributed by atoms with E-state index in [9.17, 15) is 45.6 Å². The Morgan fingerprint density at radius 1 is 0.659 bits per heavy atom. The van der Waals surface area contributed by atoms with Crippen molar-refractivity contribution in [1.29, 1.82) is 0 Å². The Morgan fingerprint density at radius 3 is 1.66 bits per heavy atom. The Hall–Kier alpha value is -6.02. The highest BCUT2D eigenvalue weighted by atomic mass is 32.2. The van der Waals surface area contributed by atoms with Crippen LogP contribution in [0, 0.1) is 22.7 Å². The molecule has 2 aliphatic heterocycles. The summed E-state index contributed by atoms with van der Waals surface area (Å²) in [5.74, 6) is -2.77. The number of fused-ring (bicyclic) bond motifs is 1. The molecule has 0 bridgehead atoms. The molecule has 448 valence electrons. The predicted octanol–water partition coefficient (Wildman–Crippen LogP) is 7.21. The van der Waals surface area contributed by atoms with Crippen molar-refractivity contribution in [2.24, 2.45) is 22.7 Å². The number of likely N-dealkylation sites (tertiary alicyclic amines) is 2. The van der Waals surface area contributed by atoms with Crippen LogP contribution in [-0.2, 0) is 61.5 Å². The lowest BCUT2D eigenvalue weighted by Gasteiger charge is -2.37. The van der Waals surface area contributed by atoms with Gasteiger partial charge >= 0.3 is 0 Å². The van der Waals surface area contributed by atoms with E-state index in [4.69, 9.17) is 0 Å². The number of nitrogens with one attached hydrogen (secondary N) is 3. The van der Waals surface area contributed by atoms with Crippen molar-refractivity contribution in [3.05, 3.63) is 108 Å². The normalized spacial score (nSPS) is 17.5. The van der Waals surface area contributed by atoms with Gasteiger partial charge in [-0.3, -0.25) is 28.8 Å². The molecule has 2 heterocycles. The topological polar surface area (TPSA) is 220 Å². The lowest BCUT2D eigenvalue weighted by Crippen LogP contribution is -2.57. The van der Waals surface area contributed by atoms with Crippen LogP contribution in [0.25, 0.3) is 10.8 Å². The summed E-state index contributed by atoms with van der Waals surface area (Å²) in [6.07, 6.45) is 4.12. The molecule has 5 amide bonds. The molecule has 19 heteroatoms. The lowest BCUT2D eigenvalue weighted by atomic mass is 9.76. The molecule has 0 spiro atoms. The van der Waals surface area contributed by atoms with Gasteiger partial charge in [0.25, 0.3) is 0 Å². The largest absolute Gasteiger partial charge is 0.344 e. The fraction of sp³-hybridized carbons (Fsp3) is 0.556. The van der Waals surface area contributed by atoms with Crippen molar-refractivity contribution >= 4 is 66.0 Å². The number of hydrogen-bond donors (Lipinski definition) is 3. The summed E-state index contributed by atoms with van der Waals surface area (Å²) in [5.41, 5.74) is 0.890. The van der Waals surface area contributed by atoms with Gasteiger partial charge in [-0.1, -0.05) is 128 Å². The zero-order valence-electron chi connectivity index (χ0n) is 49.9. The Morgan fingerprint density at radius 2 is 1.16 bits per heavy atom. The van der Waals surface area contributed by atoms with E-state index in [0.717, 1.165) is 24.0 Å². The molecule has 2 fully saturated rings.